The summed E-state index contributed by atoms with van der Waals surface area (Å²) >= 11 is 5.61. The molecule has 1 saturated heterocycles. The monoisotopic (exact) mass is 256 g/mol. The molecule has 0 radical (unpaired) electrons. The predicted octanol–water partition coefficient (Wildman–Crippen LogP) is 0.447. The van der Waals surface area contributed by atoms with E-state index in [9.17, 15) is 4.79 Å². The number of ether oxygens (including phenoxy) is 1. The second-order valence-corrected chi connectivity index (χ2v) is 4.03. The molecule has 1 aromatic rings. The van der Waals surface area contributed by atoms with Crippen LogP contribution in [0.1, 0.15) is 6.42 Å². The molecule has 1 atom stereocenters. The molecule has 17 heavy (non-hydrogen) atoms. The molecular weight excluding hydrogens is 244 g/mol. The highest BCUT2D eigenvalue weighted by Crippen LogP contribution is 2.07. The van der Waals surface area contributed by atoms with Gasteiger partial charge in [-0.15, -0.1) is 0 Å². The zero-order chi connectivity index (χ0) is 12.1. The fourth-order valence-corrected chi connectivity index (χ4v) is 1.72. The van der Waals surface area contributed by atoms with Crippen molar-refractivity contribution in [1.29, 1.82) is 0 Å². The minimum absolute atomic E-state index is 0.0565. The maximum Gasteiger partial charge on any atom is 0.227 e. The third-order valence-corrected chi connectivity index (χ3v) is 2.51. The van der Waals surface area contributed by atoms with Crippen molar-refractivity contribution in [3.05, 3.63) is 17.5 Å². The summed E-state index contributed by atoms with van der Waals surface area (Å²) in [4.78, 5) is 19.3. The quantitative estimate of drug-likeness (QED) is 0.768. The number of halogens is 1. The van der Waals surface area contributed by atoms with Crippen LogP contribution in [0.25, 0.3) is 0 Å². The molecule has 7 heteroatoms. The maximum atomic E-state index is 11.7. The molecule has 1 amide bonds. The first-order valence-corrected chi connectivity index (χ1v) is 5.71. The van der Waals surface area contributed by atoms with Gasteiger partial charge in [0.15, 0.2) is 0 Å². The molecule has 2 N–H and O–H groups in total. The van der Waals surface area contributed by atoms with E-state index in [2.05, 4.69) is 20.6 Å². The van der Waals surface area contributed by atoms with Gasteiger partial charge in [0.05, 0.1) is 13.2 Å². The lowest BCUT2D eigenvalue weighted by Gasteiger charge is -2.23. The van der Waals surface area contributed by atoms with Crippen LogP contribution < -0.4 is 10.6 Å². The predicted molar refractivity (Wildman–Crippen MR) is 62.9 cm³/mol. The number of carbonyl (C=O) groups is 1. The molecule has 1 aliphatic rings. The van der Waals surface area contributed by atoms with Gasteiger partial charge in [0.25, 0.3) is 0 Å². The van der Waals surface area contributed by atoms with E-state index in [0.717, 1.165) is 6.54 Å². The molecule has 2 heterocycles. The maximum absolute atomic E-state index is 11.7. The van der Waals surface area contributed by atoms with Crippen LogP contribution in [0.3, 0.4) is 0 Å². The van der Waals surface area contributed by atoms with Crippen LogP contribution in [0.15, 0.2) is 12.3 Å². The lowest BCUT2D eigenvalue weighted by atomic mass is 10.2. The molecule has 0 saturated carbocycles. The van der Waals surface area contributed by atoms with Crippen molar-refractivity contribution in [1.82, 2.24) is 15.3 Å². The Bertz CT molecular complexity index is 396. The Morgan fingerprint density at radius 1 is 1.71 bits per heavy atom. The van der Waals surface area contributed by atoms with Crippen LogP contribution in [0.2, 0.25) is 5.28 Å². The number of hydrogen-bond donors (Lipinski definition) is 2. The largest absolute Gasteiger partial charge is 0.378 e. The average Bonchev–Trinajstić information content (AvgIpc) is 2.30. The van der Waals surface area contributed by atoms with Gasteiger partial charge in [-0.1, -0.05) is 0 Å². The van der Waals surface area contributed by atoms with Gasteiger partial charge in [-0.05, 0) is 17.7 Å². The summed E-state index contributed by atoms with van der Waals surface area (Å²) in [6, 6.07) is 1.65. The summed E-state index contributed by atoms with van der Waals surface area (Å²) in [5, 5.41) is 5.98. The minimum Gasteiger partial charge on any atom is -0.378 e. The molecule has 0 aliphatic carbocycles. The summed E-state index contributed by atoms with van der Waals surface area (Å²) in [5.74, 6) is 0.287. The molecular formula is C10H13ClN4O2. The minimum atomic E-state index is -0.122. The molecule has 0 aromatic carbocycles. The lowest BCUT2D eigenvalue weighted by molar-refractivity contribution is -0.117. The zero-order valence-corrected chi connectivity index (χ0v) is 9.91. The number of hydrogen-bond acceptors (Lipinski definition) is 5. The number of anilines is 1. The number of nitrogens with zero attached hydrogens (tertiary/aromatic N) is 2. The number of carbonyl (C=O) groups excluding carboxylic acids is 1. The second kappa shape index (κ2) is 5.90. The van der Waals surface area contributed by atoms with Gasteiger partial charge < -0.3 is 15.4 Å². The van der Waals surface area contributed by atoms with Gasteiger partial charge in [-0.25, -0.2) is 9.97 Å². The van der Waals surface area contributed by atoms with Gasteiger partial charge in [-0.3, -0.25) is 4.79 Å². The number of rotatable bonds is 3. The number of morpholine rings is 1. The Morgan fingerprint density at radius 2 is 2.59 bits per heavy atom. The van der Waals surface area contributed by atoms with E-state index in [1.165, 1.54) is 6.20 Å². The Morgan fingerprint density at radius 3 is 3.29 bits per heavy atom. The van der Waals surface area contributed by atoms with E-state index in [4.69, 9.17) is 16.3 Å². The van der Waals surface area contributed by atoms with Crippen molar-refractivity contribution in [3.63, 3.8) is 0 Å². The van der Waals surface area contributed by atoms with Crippen molar-refractivity contribution >= 4 is 23.3 Å². The summed E-state index contributed by atoms with van der Waals surface area (Å²) in [5.41, 5.74) is 0. The van der Waals surface area contributed by atoms with Crippen LogP contribution in [0.5, 0.6) is 0 Å². The number of nitrogens with one attached hydrogen (secondary N) is 2. The molecule has 92 valence electrons. The first-order valence-electron chi connectivity index (χ1n) is 5.33. The van der Waals surface area contributed by atoms with Gasteiger partial charge in [0, 0.05) is 25.2 Å². The van der Waals surface area contributed by atoms with Gasteiger partial charge >= 0.3 is 0 Å². The van der Waals surface area contributed by atoms with E-state index in [1.54, 1.807) is 6.07 Å². The van der Waals surface area contributed by atoms with E-state index in [-0.39, 0.29) is 17.2 Å². The number of aromatic nitrogens is 2. The normalized spacial score (nSPS) is 19.9. The van der Waals surface area contributed by atoms with E-state index >= 15 is 0 Å². The summed E-state index contributed by atoms with van der Waals surface area (Å²) in [7, 11) is 0. The van der Waals surface area contributed by atoms with Crippen molar-refractivity contribution < 1.29 is 9.53 Å². The van der Waals surface area contributed by atoms with Crippen LogP contribution in [-0.2, 0) is 9.53 Å². The molecule has 2 rings (SSSR count). The molecule has 1 fully saturated rings. The standard InChI is InChI=1S/C10H13ClN4O2/c11-10-13-2-1-8(15-10)14-9(16)5-7-6-17-4-3-12-7/h1-2,7,12H,3-6H2,(H,13,14,15,16). The molecule has 1 unspecified atom stereocenters. The fraction of sp³-hybridized carbons (Fsp3) is 0.500. The first kappa shape index (κ1) is 12.2. The highest BCUT2D eigenvalue weighted by Gasteiger charge is 2.17. The van der Waals surface area contributed by atoms with Crippen LogP contribution in [0, 0.1) is 0 Å². The average molecular weight is 257 g/mol. The second-order valence-electron chi connectivity index (χ2n) is 3.69. The smallest absolute Gasteiger partial charge is 0.227 e. The molecule has 0 spiro atoms. The highest BCUT2D eigenvalue weighted by molar-refractivity contribution is 6.28. The zero-order valence-electron chi connectivity index (χ0n) is 9.15. The van der Waals surface area contributed by atoms with Crippen molar-refractivity contribution in [2.45, 2.75) is 12.5 Å². The Balaban J connectivity index is 1.84. The third-order valence-electron chi connectivity index (χ3n) is 2.32. The van der Waals surface area contributed by atoms with Gasteiger partial charge in [0.2, 0.25) is 11.2 Å². The van der Waals surface area contributed by atoms with Crippen LogP contribution >= 0.6 is 11.6 Å². The van der Waals surface area contributed by atoms with Crippen LogP contribution in [-0.4, -0.2) is 41.7 Å². The molecule has 1 aromatic heterocycles. The number of amides is 1. The van der Waals surface area contributed by atoms with Gasteiger partial charge in [0.1, 0.15) is 5.82 Å². The summed E-state index contributed by atoms with van der Waals surface area (Å²) in [6.07, 6.45) is 1.84. The molecule has 6 nitrogen and oxygen atoms in total. The SMILES string of the molecule is O=C(CC1COCCN1)Nc1ccnc(Cl)n1. The topological polar surface area (TPSA) is 76.1 Å². The molecule has 1 aliphatic heterocycles. The Labute approximate surface area is 104 Å². The highest BCUT2D eigenvalue weighted by atomic mass is 35.5. The summed E-state index contributed by atoms with van der Waals surface area (Å²) in [6.45, 7) is 2.02. The Kier molecular flexibility index (Phi) is 4.24. The molecule has 0 bridgehead atoms. The first-order chi connectivity index (χ1) is 8.24. The Hall–Kier alpha value is -1.24. The van der Waals surface area contributed by atoms with Crippen molar-refractivity contribution in [2.24, 2.45) is 0 Å². The summed E-state index contributed by atoms with van der Waals surface area (Å²) < 4.78 is 5.26. The van der Waals surface area contributed by atoms with E-state index in [1.807, 2.05) is 0 Å². The van der Waals surface area contributed by atoms with Crippen molar-refractivity contribution in [2.75, 3.05) is 25.1 Å². The fourth-order valence-electron chi connectivity index (χ4n) is 1.57. The van der Waals surface area contributed by atoms with Crippen molar-refractivity contribution in [3.8, 4) is 0 Å². The van der Waals surface area contributed by atoms with Crippen LogP contribution in [0.4, 0.5) is 5.82 Å². The lowest BCUT2D eigenvalue weighted by Crippen LogP contribution is -2.43. The van der Waals surface area contributed by atoms with Gasteiger partial charge in [-0.2, -0.15) is 0 Å². The van der Waals surface area contributed by atoms with E-state index in [0.29, 0.717) is 25.5 Å². The third kappa shape index (κ3) is 3.92. The van der Waals surface area contributed by atoms with E-state index < -0.39 is 0 Å².